The number of hydrogen-bond acceptors (Lipinski definition) is 0. The molecule has 0 unspecified atom stereocenters. The Labute approximate surface area is 87.2 Å². The van der Waals surface area contributed by atoms with Crippen molar-refractivity contribution < 1.29 is 39.5 Å². The molecule has 1 rings (SSSR count). The lowest BCUT2D eigenvalue weighted by Gasteiger charge is -2.14. The third-order valence-corrected chi connectivity index (χ3v) is 1.75. The average molecular weight is 271 g/mol. The molecule has 0 saturated carbocycles. The van der Waals surface area contributed by atoms with Crippen LogP contribution in [0.4, 0.5) is 39.5 Å². The Kier molecular flexibility index (Phi) is 2.88. The maximum atomic E-state index is 12.2. The van der Waals surface area contributed by atoms with Gasteiger partial charge < -0.3 is 4.98 Å². The summed E-state index contributed by atoms with van der Waals surface area (Å²) in [5.74, 6) is 0. The second-order valence-corrected chi connectivity index (χ2v) is 2.95. The van der Waals surface area contributed by atoms with Crippen LogP contribution in [0.15, 0.2) is 6.20 Å². The molecule has 0 saturated heterocycles. The number of H-pyrrole nitrogens is 1. The first-order chi connectivity index (χ1) is 7.35. The van der Waals surface area contributed by atoms with E-state index in [1.54, 1.807) is 0 Å². The summed E-state index contributed by atoms with van der Waals surface area (Å²) < 4.78 is 109. The highest BCUT2D eigenvalue weighted by atomic mass is 19.4. The molecule has 98 valence electrons. The Hall–Kier alpha value is -1.35. The molecule has 1 nitrogen and oxygen atoms in total. The fourth-order valence-corrected chi connectivity index (χ4v) is 1.16. The fourth-order valence-electron chi connectivity index (χ4n) is 1.16. The number of halogens is 9. The smallest absolute Gasteiger partial charge is 0.357 e. The van der Waals surface area contributed by atoms with Gasteiger partial charge in [0.1, 0.15) is 5.69 Å². The standard InChI is InChI=1S/C7H2F9N/c8-5(9,10)2-1-17-4(7(14,15)16)3(2)6(11,12)13/h1,17H. The molecule has 0 aliphatic heterocycles. The summed E-state index contributed by atoms with van der Waals surface area (Å²) in [7, 11) is 0. The molecule has 17 heavy (non-hydrogen) atoms. The van der Waals surface area contributed by atoms with Crippen molar-refractivity contribution in [3.05, 3.63) is 23.0 Å². The van der Waals surface area contributed by atoms with Crippen molar-refractivity contribution in [1.29, 1.82) is 0 Å². The Morgan fingerprint density at radius 3 is 1.47 bits per heavy atom. The Balaban J connectivity index is 3.53. The predicted molar refractivity (Wildman–Crippen MR) is 35.8 cm³/mol. The SMILES string of the molecule is FC(F)(F)c1c[nH]c(C(F)(F)F)c1C(F)(F)F. The van der Waals surface area contributed by atoms with E-state index >= 15 is 0 Å². The third kappa shape index (κ3) is 2.67. The van der Waals surface area contributed by atoms with Crippen molar-refractivity contribution in [3.63, 3.8) is 0 Å². The molecule has 1 aromatic heterocycles. The first-order valence-corrected chi connectivity index (χ1v) is 3.78. The van der Waals surface area contributed by atoms with Crippen LogP contribution in [0.2, 0.25) is 0 Å². The zero-order chi connectivity index (χ0) is 13.6. The lowest BCUT2D eigenvalue weighted by atomic mass is 10.1. The van der Waals surface area contributed by atoms with Gasteiger partial charge in [-0.2, -0.15) is 39.5 Å². The van der Waals surface area contributed by atoms with E-state index in [4.69, 9.17) is 0 Å². The normalized spacial score (nSPS) is 14.2. The van der Waals surface area contributed by atoms with Crippen LogP contribution >= 0.6 is 0 Å². The Morgan fingerprint density at radius 1 is 0.706 bits per heavy atom. The van der Waals surface area contributed by atoms with E-state index in [2.05, 4.69) is 0 Å². The van der Waals surface area contributed by atoms with Crippen LogP contribution in [-0.2, 0) is 18.5 Å². The van der Waals surface area contributed by atoms with Gasteiger partial charge in [-0.05, 0) is 0 Å². The van der Waals surface area contributed by atoms with Crippen molar-refractivity contribution in [2.75, 3.05) is 0 Å². The molecule has 1 heterocycles. The van der Waals surface area contributed by atoms with Crippen molar-refractivity contribution in [2.24, 2.45) is 0 Å². The first-order valence-electron chi connectivity index (χ1n) is 3.78. The number of aromatic nitrogens is 1. The molecule has 0 atom stereocenters. The second-order valence-electron chi connectivity index (χ2n) is 2.95. The molecule has 0 aromatic carbocycles. The Bertz CT molecular complexity index is 373. The second kappa shape index (κ2) is 3.57. The molecule has 0 spiro atoms. The van der Waals surface area contributed by atoms with Crippen molar-refractivity contribution in [2.45, 2.75) is 18.5 Å². The van der Waals surface area contributed by atoms with E-state index in [-0.39, 0.29) is 6.20 Å². The number of hydrogen-bond donors (Lipinski definition) is 1. The van der Waals surface area contributed by atoms with E-state index < -0.39 is 35.3 Å². The van der Waals surface area contributed by atoms with Gasteiger partial charge in [0, 0.05) is 6.20 Å². The van der Waals surface area contributed by atoms with Crippen molar-refractivity contribution in [1.82, 2.24) is 4.98 Å². The molecular formula is C7H2F9N. The quantitative estimate of drug-likeness (QED) is 0.684. The molecule has 1 aromatic rings. The minimum Gasteiger partial charge on any atom is -0.357 e. The minimum absolute atomic E-state index is 0.356. The number of aromatic amines is 1. The molecule has 0 aliphatic carbocycles. The van der Waals surface area contributed by atoms with Crippen LogP contribution in [0.1, 0.15) is 16.8 Å². The van der Waals surface area contributed by atoms with Crippen LogP contribution in [0, 0.1) is 0 Å². The molecule has 0 fully saturated rings. The maximum absolute atomic E-state index is 12.2. The monoisotopic (exact) mass is 271 g/mol. The van der Waals surface area contributed by atoms with E-state index in [1.165, 1.54) is 0 Å². The van der Waals surface area contributed by atoms with Crippen LogP contribution in [0.3, 0.4) is 0 Å². The van der Waals surface area contributed by atoms with Gasteiger partial charge in [-0.25, -0.2) is 0 Å². The number of alkyl halides is 9. The minimum atomic E-state index is -5.75. The van der Waals surface area contributed by atoms with Gasteiger partial charge in [0.2, 0.25) is 0 Å². The molecule has 0 amide bonds. The summed E-state index contributed by atoms with van der Waals surface area (Å²) in [4.78, 5) is 0.962. The van der Waals surface area contributed by atoms with Gasteiger partial charge in [0.15, 0.2) is 0 Å². The van der Waals surface area contributed by atoms with E-state index in [0.717, 1.165) is 4.98 Å². The zero-order valence-electron chi connectivity index (χ0n) is 7.48. The summed E-state index contributed by atoms with van der Waals surface area (Å²) in [6, 6.07) is 0. The van der Waals surface area contributed by atoms with E-state index in [9.17, 15) is 39.5 Å². The molecular weight excluding hydrogens is 269 g/mol. The number of rotatable bonds is 0. The highest BCUT2D eigenvalue weighted by molar-refractivity contribution is 5.37. The van der Waals surface area contributed by atoms with E-state index in [0.29, 0.717) is 0 Å². The molecule has 1 N–H and O–H groups in total. The van der Waals surface area contributed by atoms with Crippen molar-refractivity contribution >= 4 is 0 Å². The molecule has 10 heteroatoms. The summed E-state index contributed by atoms with van der Waals surface area (Å²) in [6.07, 6.45) is -17.2. The maximum Gasteiger partial charge on any atom is 0.431 e. The van der Waals surface area contributed by atoms with Crippen LogP contribution in [0.25, 0.3) is 0 Å². The topological polar surface area (TPSA) is 15.8 Å². The van der Waals surface area contributed by atoms with Gasteiger partial charge in [0.05, 0.1) is 11.1 Å². The lowest BCUT2D eigenvalue weighted by molar-refractivity contribution is -0.173. The van der Waals surface area contributed by atoms with Crippen LogP contribution in [-0.4, -0.2) is 4.98 Å². The largest absolute Gasteiger partial charge is 0.431 e. The lowest BCUT2D eigenvalue weighted by Crippen LogP contribution is -2.19. The predicted octanol–water partition coefficient (Wildman–Crippen LogP) is 4.07. The summed E-state index contributed by atoms with van der Waals surface area (Å²) in [6.45, 7) is 0. The van der Waals surface area contributed by atoms with Crippen molar-refractivity contribution in [3.8, 4) is 0 Å². The molecule has 0 aliphatic rings. The fraction of sp³-hybridized carbons (Fsp3) is 0.429. The summed E-state index contributed by atoms with van der Waals surface area (Å²) in [5.41, 5.74) is -7.60. The summed E-state index contributed by atoms with van der Waals surface area (Å²) >= 11 is 0. The third-order valence-electron chi connectivity index (χ3n) is 1.75. The molecule has 0 bridgehead atoms. The first kappa shape index (κ1) is 13.7. The van der Waals surface area contributed by atoms with E-state index in [1.807, 2.05) is 0 Å². The van der Waals surface area contributed by atoms with Gasteiger partial charge >= 0.3 is 18.5 Å². The van der Waals surface area contributed by atoms with Crippen LogP contribution in [0.5, 0.6) is 0 Å². The van der Waals surface area contributed by atoms with Gasteiger partial charge in [-0.1, -0.05) is 0 Å². The summed E-state index contributed by atoms with van der Waals surface area (Å²) in [5, 5.41) is 0. The number of nitrogens with one attached hydrogen (secondary N) is 1. The molecule has 0 radical (unpaired) electrons. The van der Waals surface area contributed by atoms with Gasteiger partial charge in [-0.15, -0.1) is 0 Å². The zero-order valence-corrected chi connectivity index (χ0v) is 7.48. The van der Waals surface area contributed by atoms with Gasteiger partial charge in [0.25, 0.3) is 0 Å². The highest BCUT2D eigenvalue weighted by Gasteiger charge is 2.51. The van der Waals surface area contributed by atoms with Gasteiger partial charge in [-0.3, -0.25) is 0 Å². The van der Waals surface area contributed by atoms with Crippen LogP contribution < -0.4 is 0 Å². The highest BCUT2D eigenvalue weighted by Crippen LogP contribution is 2.46. The Morgan fingerprint density at radius 2 is 1.18 bits per heavy atom. The average Bonchev–Trinajstić information content (AvgIpc) is 2.42.